The number of amides is 1. The molecule has 3 rings (SSSR count). The molecule has 0 saturated carbocycles. The number of aromatic nitrogens is 2. The Morgan fingerprint density at radius 2 is 2.08 bits per heavy atom. The second-order valence-corrected chi connectivity index (χ2v) is 7.79. The first kappa shape index (κ1) is 17.0. The number of carbonyl (C=O) groups excluding carboxylic acids is 1. The first-order valence-corrected chi connectivity index (χ1v) is 9.10. The molecule has 0 bridgehead atoms. The van der Waals surface area contributed by atoms with E-state index in [2.05, 4.69) is 39.7 Å². The van der Waals surface area contributed by atoms with E-state index in [0.717, 1.165) is 38.3 Å². The molecular weight excluding hydrogens is 322 g/mol. The van der Waals surface area contributed by atoms with Crippen molar-refractivity contribution >= 4 is 23.1 Å². The van der Waals surface area contributed by atoms with Crippen LogP contribution < -0.4 is 10.6 Å². The van der Waals surface area contributed by atoms with E-state index in [1.54, 1.807) is 17.9 Å². The quantitative estimate of drug-likeness (QED) is 0.868. The summed E-state index contributed by atoms with van der Waals surface area (Å²) in [6.45, 7) is 4.90. The zero-order chi connectivity index (χ0) is 17.2. The zero-order valence-corrected chi connectivity index (χ0v) is 15.3. The highest BCUT2D eigenvalue weighted by molar-refractivity contribution is 7.11. The van der Waals surface area contributed by atoms with Crippen molar-refractivity contribution in [3.63, 3.8) is 0 Å². The number of likely N-dealkylation sites (tertiary alicyclic amines) is 1. The van der Waals surface area contributed by atoms with E-state index in [0.29, 0.717) is 0 Å². The molecule has 7 heteroatoms. The fraction of sp³-hybridized carbons (Fsp3) is 0.529. The molecule has 3 heterocycles. The number of hydrogen-bond donors (Lipinski definition) is 2. The maximum atomic E-state index is 12.6. The topological polar surface area (TPSA) is 62.2 Å². The van der Waals surface area contributed by atoms with Crippen LogP contribution in [0.4, 0.5) is 5.82 Å². The van der Waals surface area contributed by atoms with E-state index in [1.165, 1.54) is 9.75 Å². The van der Waals surface area contributed by atoms with Crippen LogP contribution >= 0.6 is 11.3 Å². The number of carbonyl (C=O) groups is 1. The van der Waals surface area contributed by atoms with Crippen LogP contribution in [-0.4, -0.2) is 46.3 Å². The minimum atomic E-state index is -0.565. The van der Waals surface area contributed by atoms with E-state index >= 15 is 0 Å². The largest absolute Gasteiger partial charge is 0.357 e. The Balaban J connectivity index is 1.68. The standard InChI is InChI=1S/C17H25N5OS/c1-13-4-5-14(24-13)12-22-10-7-17(8-11-22,16(23)18-2)20-15-6-9-19-21(15)3/h4-6,9,20H,7-8,10-12H2,1-3H3,(H,18,23). The SMILES string of the molecule is CNC(=O)C1(Nc2ccnn2C)CCN(Cc2ccc(C)s2)CC1. The predicted molar refractivity (Wildman–Crippen MR) is 97.2 cm³/mol. The lowest BCUT2D eigenvalue weighted by Gasteiger charge is -2.41. The molecule has 130 valence electrons. The molecule has 0 unspecified atom stereocenters. The number of hydrogen-bond acceptors (Lipinski definition) is 5. The van der Waals surface area contributed by atoms with Crippen molar-refractivity contribution in [3.8, 4) is 0 Å². The van der Waals surface area contributed by atoms with Gasteiger partial charge in [-0.3, -0.25) is 14.4 Å². The molecule has 0 spiro atoms. The molecule has 0 aliphatic carbocycles. The number of thiophene rings is 1. The lowest BCUT2D eigenvalue weighted by Crippen LogP contribution is -2.57. The summed E-state index contributed by atoms with van der Waals surface area (Å²) in [7, 11) is 3.59. The second kappa shape index (κ2) is 6.94. The van der Waals surface area contributed by atoms with Gasteiger partial charge in [0.05, 0.1) is 6.20 Å². The third-order valence-electron chi connectivity index (χ3n) is 4.74. The molecule has 1 amide bonds. The van der Waals surface area contributed by atoms with Crippen LogP contribution in [0, 0.1) is 6.92 Å². The van der Waals surface area contributed by atoms with Gasteiger partial charge in [0, 0.05) is 49.6 Å². The average Bonchev–Trinajstić information content (AvgIpc) is 3.17. The molecule has 1 aliphatic heterocycles. The number of anilines is 1. The average molecular weight is 347 g/mol. The lowest BCUT2D eigenvalue weighted by atomic mass is 9.86. The van der Waals surface area contributed by atoms with Crippen LogP contribution in [-0.2, 0) is 18.4 Å². The van der Waals surface area contributed by atoms with Crippen LogP contribution in [0.2, 0.25) is 0 Å². The van der Waals surface area contributed by atoms with Crippen LogP contribution in [0.3, 0.4) is 0 Å². The molecule has 24 heavy (non-hydrogen) atoms. The normalized spacial score (nSPS) is 17.6. The minimum absolute atomic E-state index is 0.0512. The summed E-state index contributed by atoms with van der Waals surface area (Å²) < 4.78 is 1.77. The summed E-state index contributed by atoms with van der Waals surface area (Å²) in [6.07, 6.45) is 3.30. The number of piperidine rings is 1. The highest BCUT2D eigenvalue weighted by atomic mass is 32.1. The van der Waals surface area contributed by atoms with Crippen molar-refractivity contribution in [2.75, 3.05) is 25.5 Å². The summed E-state index contributed by atoms with van der Waals surface area (Å²) in [5.74, 6) is 0.927. The maximum absolute atomic E-state index is 12.6. The molecule has 0 aromatic carbocycles. The summed E-state index contributed by atoms with van der Waals surface area (Å²) >= 11 is 1.85. The fourth-order valence-corrected chi connectivity index (χ4v) is 4.21. The summed E-state index contributed by atoms with van der Waals surface area (Å²) in [6, 6.07) is 6.28. The van der Waals surface area contributed by atoms with Gasteiger partial charge in [-0.2, -0.15) is 5.10 Å². The zero-order valence-electron chi connectivity index (χ0n) is 14.5. The highest BCUT2D eigenvalue weighted by Crippen LogP contribution is 2.29. The molecule has 0 radical (unpaired) electrons. The van der Waals surface area contributed by atoms with Crippen LogP contribution in [0.5, 0.6) is 0 Å². The predicted octanol–water partition coefficient (Wildman–Crippen LogP) is 1.98. The Morgan fingerprint density at radius 3 is 2.62 bits per heavy atom. The van der Waals surface area contributed by atoms with Crippen LogP contribution in [0.25, 0.3) is 0 Å². The van der Waals surface area contributed by atoms with Gasteiger partial charge in [0.1, 0.15) is 11.4 Å². The van der Waals surface area contributed by atoms with E-state index in [4.69, 9.17) is 0 Å². The van der Waals surface area contributed by atoms with Gasteiger partial charge in [0.2, 0.25) is 5.91 Å². The molecular formula is C17H25N5OS. The molecule has 1 aliphatic rings. The maximum Gasteiger partial charge on any atom is 0.245 e. The molecule has 0 atom stereocenters. The Kier molecular flexibility index (Phi) is 4.91. The van der Waals surface area contributed by atoms with Gasteiger partial charge >= 0.3 is 0 Å². The minimum Gasteiger partial charge on any atom is -0.357 e. The summed E-state index contributed by atoms with van der Waals surface area (Å²) in [4.78, 5) is 17.7. The van der Waals surface area contributed by atoms with Crippen molar-refractivity contribution in [1.82, 2.24) is 20.0 Å². The monoisotopic (exact) mass is 347 g/mol. The Hall–Kier alpha value is -1.86. The molecule has 2 aromatic rings. The Labute approximate surface area is 146 Å². The van der Waals surface area contributed by atoms with E-state index in [1.807, 2.05) is 24.5 Å². The van der Waals surface area contributed by atoms with E-state index in [-0.39, 0.29) is 5.91 Å². The third-order valence-corrected chi connectivity index (χ3v) is 5.72. The second-order valence-electron chi connectivity index (χ2n) is 6.41. The van der Waals surface area contributed by atoms with Crippen LogP contribution in [0.15, 0.2) is 24.4 Å². The number of nitrogens with one attached hydrogen (secondary N) is 2. The van der Waals surface area contributed by atoms with Gasteiger partial charge in [-0.25, -0.2) is 0 Å². The van der Waals surface area contributed by atoms with Gasteiger partial charge in [-0.15, -0.1) is 11.3 Å². The fourth-order valence-electron chi connectivity index (χ4n) is 3.27. The third kappa shape index (κ3) is 3.47. The Bertz CT molecular complexity index is 699. The number of nitrogens with zero attached hydrogens (tertiary/aromatic N) is 3. The first-order valence-electron chi connectivity index (χ1n) is 8.28. The molecule has 2 aromatic heterocycles. The first-order chi connectivity index (χ1) is 11.5. The van der Waals surface area contributed by atoms with Crippen molar-refractivity contribution in [2.24, 2.45) is 7.05 Å². The van der Waals surface area contributed by atoms with Crippen molar-refractivity contribution in [2.45, 2.75) is 31.8 Å². The molecule has 1 fully saturated rings. The van der Waals surface area contributed by atoms with Crippen molar-refractivity contribution < 1.29 is 4.79 Å². The molecule has 2 N–H and O–H groups in total. The highest BCUT2D eigenvalue weighted by Gasteiger charge is 2.41. The number of likely N-dealkylation sites (N-methyl/N-ethyl adjacent to an activating group) is 1. The van der Waals surface area contributed by atoms with Gasteiger partial charge in [-0.1, -0.05) is 0 Å². The van der Waals surface area contributed by atoms with Gasteiger partial charge < -0.3 is 10.6 Å². The number of rotatable bonds is 5. The summed E-state index contributed by atoms with van der Waals surface area (Å²) in [5, 5.41) is 10.5. The Morgan fingerprint density at radius 1 is 1.33 bits per heavy atom. The van der Waals surface area contributed by atoms with Gasteiger partial charge in [0.25, 0.3) is 0 Å². The molecule has 6 nitrogen and oxygen atoms in total. The molecule has 1 saturated heterocycles. The van der Waals surface area contributed by atoms with Gasteiger partial charge in [0.15, 0.2) is 0 Å². The lowest BCUT2D eigenvalue weighted by molar-refractivity contribution is -0.126. The van der Waals surface area contributed by atoms with E-state index < -0.39 is 5.54 Å². The van der Waals surface area contributed by atoms with E-state index in [9.17, 15) is 4.79 Å². The van der Waals surface area contributed by atoms with Crippen molar-refractivity contribution in [1.29, 1.82) is 0 Å². The smallest absolute Gasteiger partial charge is 0.245 e. The number of aryl methyl sites for hydroxylation is 2. The summed E-state index contributed by atoms with van der Waals surface area (Å²) in [5.41, 5.74) is -0.565. The van der Waals surface area contributed by atoms with Gasteiger partial charge in [-0.05, 0) is 31.9 Å². The van der Waals surface area contributed by atoms with Crippen molar-refractivity contribution in [3.05, 3.63) is 34.2 Å². The van der Waals surface area contributed by atoms with Crippen LogP contribution in [0.1, 0.15) is 22.6 Å².